The van der Waals surface area contributed by atoms with Crippen molar-refractivity contribution >= 4 is 34.4 Å². The lowest BCUT2D eigenvalue weighted by molar-refractivity contribution is -0.119. The van der Waals surface area contributed by atoms with Crippen LogP contribution in [-0.2, 0) is 11.2 Å². The Morgan fingerprint density at radius 2 is 1.44 bits per heavy atom. The van der Waals surface area contributed by atoms with E-state index in [1.165, 1.54) is 0 Å². The molecule has 0 fully saturated rings. The van der Waals surface area contributed by atoms with Gasteiger partial charge in [-0.3, -0.25) is 9.59 Å². The van der Waals surface area contributed by atoms with Crippen LogP contribution in [0.15, 0.2) is 78.9 Å². The van der Waals surface area contributed by atoms with Crippen molar-refractivity contribution in [2.24, 2.45) is 5.73 Å². The van der Waals surface area contributed by atoms with Gasteiger partial charge in [0.25, 0.3) is 5.91 Å². The number of rotatable bonds is 6. The van der Waals surface area contributed by atoms with E-state index >= 15 is 0 Å². The molecule has 3 N–H and O–H groups in total. The summed E-state index contributed by atoms with van der Waals surface area (Å²) in [6, 6.07) is 24.2. The number of halogens is 1. The van der Waals surface area contributed by atoms with Crippen molar-refractivity contribution in [2.75, 3.05) is 0 Å². The first-order valence-corrected chi connectivity index (χ1v) is 9.61. The number of amides is 2. The number of primary amides is 1. The summed E-state index contributed by atoms with van der Waals surface area (Å²) in [5.74, 6) is -0.869. The summed E-state index contributed by atoms with van der Waals surface area (Å²) in [7, 11) is 0. The Morgan fingerprint density at radius 1 is 0.852 bits per heavy atom. The first-order chi connectivity index (χ1) is 13.0. The molecule has 136 valence electrons. The second-order valence-electron chi connectivity index (χ2n) is 6.20. The summed E-state index contributed by atoms with van der Waals surface area (Å²) in [6.45, 7) is 0. The molecule has 0 aromatic heterocycles. The van der Waals surface area contributed by atoms with Gasteiger partial charge in [-0.15, -0.1) is 0 Å². The zero-order chi connectivity index (χ0) is 19.2. The lowest BCUT2D eigenvalue weighted by Crippen LogP contribution is -2.45. The van der Waals surface area contributed by atoms with Crippen molar-refractivity contribution in [2.45, 2.75) is 12.5 Å². The van der Waals surface area contributed by atoms with Crippen LogP contribution in [0.3, 0.4) is 0 Å². The summed E-state index contributed by atoms with van der Waals surface area (Å²) in [6.07, 6.45) is 0.361. The van der Waals surface area contributed by atoms with Gasteiger partial charge in [0.05, 0.1) is 0 Å². The number of nitrogens with one attached hydrogen (secondary N) is 1. The molecular formula is C22H19IN2O2. The third kappa shape index (κ3) is 5.17. The van der Waals surface area contributed by atoms with E-state index in [-0.39, 0.29) is 5.91 Å². The molecule has 0 bridgehead atoms. The molecular weight excluding hydrogens is 451 g/mol. The lowest BCUT2D eigenvalue weighted by atomic mass is 10.0. The highest BCUT2D eigenvalue weighted by molar-refractivity contribution is 14.1. The van der Waals surface area contributed by atoms with Crippen molar-refractivity contribution in [1.82, 2.24) is 5.32 Å². The fraction of sp³-hybridized carbons (Fsp3) is 0.0909. The molecule has 1 atom stereocenters. The van der Waals surface area contributed by atoms with Gasteiger partial charge in [0.1, 0.15) is 6.04 Å². The van der Waals surface area contributed by atoms with Gasteiger partial charge in [-0.2, -0.15) is 0 Å². The van der Waals surface area contributed by atoms with Crippen LogP contribution >= 0.6 is 22.6 Å². The molecule has 0 radical (unpaired) electrons. The maximum atomic E-state index is 12.5. The predicted molar refractivity (Wildman–Crippen MR) is 115 cm³/mol. The van der Waals surface area contributed by atoms with Crippen LogP contribution in [-0.4, -0.2) is 17.9 Å². The van der Waals surface area contributed by atoms with Gasteiger partial charge in [-0.1, -0.05) is 54.6 Å². The summed E-state index contributed by atoms with van der Waals surface area (Å²) in [5, 5.41) is 2.74. The number of benzene rings is 3. The van der Waals surface area contributed by atoms with Gasteiger partial charge in [0, 0.05) is 15.6 Å². The molecule has 0 spiro atoms. The van der Waals surface area contributed by atoms with E-state index < -0.39 is 11.9 Å². The molecule has 0 aliphatic rings. The minimum Gasteiger partial charge on any atom is -0.368 e. The fourth-order valence-electron chi connectivity index (χ4n) is 2.77. The molecule has 5 heteroatoms. The Balaban J connectivity index is 1.70. The number of hydrogen-bond acceptors (Lipinski definition) is 2. The third-order valence-electron chi connectivity index (χ3n) is 4.26. The highest BCUT2D eigenvalue weighted by Crippen LogP contribution is 2.19. The first-order valence-electron chi connectivity index (χ1n) is 8.53. The van der Waals surface area contributed by atoms with Crippen LogP contribution in [0, 0.1) is 3.57 Å². The number of carbonyl (C=O) groups is 2. The minimum atomic E-state index is -0.758. The highest BCUT2D eigenvalue weighted by atomic mass is 127. The average molecular weight is 470 g/mol. The van der Waals surface area contributed by atoms with E-state index in [4.69, 9.17) is 5.73 Å². The van der Waals surface area contributed by atoms with Gasteiger partial charge in [-0.05, 0) is 63.5 Å². The zero-order valence-corrected chi connectivity index (χ0v) is 16.7. The monoisotopic (exact) mass is 470 g/mol. The van der Waals surface area contributed by atoms with Crippen LogP contribution in [0.1, 0.15) is 15.9 Å². The highest BCUT2D eigenvalue weighted by Gasteiger charge is 2.19. The zero-order valence-electron chi connectivity index (χ0n) is 14.6. The van der Waals surface area contributed by atoms with Crippen LogP contribution in [0.2, 0.25) is 0 Å². The van der Waals surface area contributed by atoms with E-state index in [1.807, 2.05) is 66.7 Å². The number of hydrogen-bond donors (Lipinski definition) is 2. The van der Waals surface area contributed by atoms with E-state index in [0.717, 1.165) is 20.3 Å². The lowest BCUT2D eigenvalue weighted by Gasteiger charge is -2.16. The Bertz CT molecular complexity index is 923. The largest absolute Gasteiger partial charge is 0.368 e. The van der Waals surface area contributed by atoms with Crippen molar-refractivity contribution in [3.63, 3.8) is 0 Å². The molecule has 0 aliphatic carbocycles. The molecule has 0 saturated heterocycles. The van der Waals surface area contributed by atoms with E-state index in [9.17, 15) is 9.59 Å². The molecule has 0 unspecified atom stereocenters. The summed E-state index contributed by atoms with van der Waals surface area (Å²) >= 11 is 2.22. The summed E-state index contributed by atoms with van der Waals surface area (Å²) < 4.78 is 1.11. The van der Waals surface area contributed by atoms with Gasteiger partial charge < -0.3 is 11.1 Å². The standard InChI is InChI=1S/C22H19IN2O2/c23-19-12-6-15(7-13-19)14-20(21(24)26)25-22(27)18-10-8-17(9-11-18)16-4-2-1-3-5-16/h1-13,20H,14H2,(H2,24,26)(H,25,27)/t20-/m0/s1. The second-order valence-corrected chi connectivity index (χ2v) is 7.45. The van der Waals surface area contributed by atoms with Crippen molar-refractivity contribution in [3.8, 4) is 11.1 Å². The molecule has 3 aromatic carbocycles. The second kappa shape index (κ2) is 8.81. The predicted octanol–water partition coefficient (Wildman–Crippen LogP) is 3.78. The Kier molecular flexibility index (Phi) is 6.24. The van der Waals surface area contributed by atoms with Gasteiger partial charge in [-0.25, -0.2) is 0 Å². The van der Waals surface area contributed by atoms with Crippen molar-refractivity contribution < 1.29 is 9.59 Å². The van der Waals surface area contributed by atoms with Crippen molar-refractivity contribution in [3.05, 3.63) is 93.6 Å². The molecule has 0 heterocycles. The number of carbonyl (C=O) groups excluding carboxylic acids is 2. The summed E-state index contributed by atoms with van der Waals surface area (Å²) in [5.41, 5.74) is 9.03. The van der Waals surface area contributed by atoms with E-state index in [2.05, 4.69) is 27.9 Å². The van der Waals surface area contributed by atoms with Gasteiger partial charge in [0.15, 0.2) is 0 Å². The number of nitrogens with two attached hydrogens (primary N) is 1. The van der Waals surface area contributed by atoms with Crippen molar-refractivity contribution in [1.29, 1.82) is 0 Å². The fourth-order valence-corrected chi connectivity index (χ4v) is 3.12. The molecule has 0 saturated carbocycles. The Morgan fingerprint density at radius 3 is 2.04 bits per heavy atom. The van der Waals surface area contributed by atoms with Crippen LogP contribution in [0.25, 0.3) is 11.1 Å². The van der Waals surface area contributed by atoms with Crippen LogP contribution < -0.4 is 11.1 Å². The smallest absolute Gasteiger partial charge is 0.251 e. The SMILES string of the molecule is NC(=O)[C@H](Cc1ccc(I)cc1)NC(=O)c1ccc(-c2ccccc2)cc1. The van der Waals surface area contributed by atoms with E-state index in [0.29, 0.717) is 12.0 Å². The van der Waals surface area contributed by atoms with Gasteiger partial charge >= 0.3 is 0 Å². The Labute approximate surface area is 171 Å². The maximum absolute atomic E-state index is 12.5. The third-order valence-corrected chi connectivity index (χ3v) is 4.98. The quantitative estimate of drug-likeness (QED) is 0.539. The molecule has 3 aromatic rings. The van der Waals surface area contributed by atoms with Gasteiger partial charge in [0.2, 0.25) is 5.91 Å². The molecule has 3 rings (SSSR count). The molecule has 0 aliphatic heterocycles. The average Bonchev–Trinajstić information content (AvgIpc) is 2.69. The normalized spacial score (nSPS) is 11.6. The van der Waals surface area contributed by atoms with Crippen LogP contribution in [0.4, 0.5) is 0 Å². The maximum Gasteiger partial charge on any atom is 0.251 e. The van der Waals surface area contributed by atoms with E-state index in [1.54, 1.807) is 12.1 Å². The topological polar surface area (TPSA) is 72.2 Å². The Hall–Kier alpha value is -2.67. The van der Waals surface area contributed by atoms with Crippen LogP contribution in [0.5, 0.6) is 0 Å². The summed E-state index contributed by atoms with van der Waals surface area (Å²) in [4.78, 5) is 24.3. The molecule has 4 nitrogen and oxygen atoms in total. The minimum absolute atomic E-state index is 0.316. The first kappa shape index (κ1) is 19.1. The molecule has 27 heavy (non-hydrogen) atoms. The molecule has 2 amide bonds.